The SMILES string of the molecule is CN(C(=O)C1CSCN1S(=O)(=O)c1ccc(Cl)cc1F)C1CC1. The molecule has 0 N–H and O–H groups in total. The van der Waals surface area contributed by atoms with Crippen molar-refractivity contribution in [3.05, 3.63) is 29.0 Å². The van der Waals surface area contributed by atoms with Gasteiger partial charge < -0.3 is 4.90 Å². The summed E-state index contributed by atoms with van der Waals surface area (Å²) in [5.41, 5.74) is 0. The van der Waals surface area contributed by atoms with Crippen molar-refractivity contribution in [2.45, 2.75) is 29.8 Å². The van der Waals surface area contributed by atoms with E-state index in [-0.39, 0.29) is 22.8 Å². The maximum absolute atomic E-state index is 14.0. The van der Waals surface area contributed by atoms with Crippen LogP contribution in [0.3, 0.4) is 0 Å². The predicted molar refractivity (Wildman–Crippen MR) is 87.3 cm³/mol. The molecule has 1 saturated heterocycles. The number of thioether (sulfide) groups is 1. The van der Waals surface area contributed by atoms with Crippen LogP contribution in [0, 0.1) is 5.82 Å². The van der Waals surface area contributed by atoms with Gasteiger partial charge in [-0.25, -0.2) is 12.8 Å². The normalized spacial score (nSPS) is 22.3. The smallest absolute Gasteiger partial charge is 0.247 e. The van der Waals surface area contributed by atoms with E-state index in [0.29, 0.717) is 5.75 Å². The number of hydrogen-bond donors (Lipinski definition) is 0. The average Bonchev–Trinajstić information content (AvgIpc) is 3.21. The highest BCUT2D eigenvalue weighted by Gasteiger charge is 2.44. The van der Waals surface area contributed by atoms with E-state index in [0.717, 1.165) is 29.3 Å². The predicted octanol–water partition coefficient (Wildman–Crippen LogP) is 2.16. The lowest BCUT2D eigenvalue weighted by atomic mass is 10.3. The molecule has 2 aliphatic rings. The number of amides is 1. The van der Waals surface area contributed by atoms with Crippen LogP contribution in [0.4, 0.5) is 4.39 Å². The lowest BCUT2D eigenvalue weighted by Crippen LogP contribution is -2.48. The molecule has 1 aliphatic heterocycles. The van der Waals surface area contributed by atoms with Crippen LogP contribution in [0.15, 0.2) is 23.1 Å². The second kappa shape index (κ2) is 6.23. The average molecular weight is 379 g/mol. The monoisotopic (exact) mass is 378 g/mol. The number of hydrogen-bond acceptors (Lipinski definition) is 4. The molecule has 1 atom stereocenters. The molecule has 3 rings (SSSR count). The lowest BCUT2D eigenvalue weighted by molar-refractivity contribution is -0.133. The zero-order valence-electron chi connectivity index (χ0n) is 12.4. The van der Waals surface area contributed by atoms with E-state index in [1.165, 1.54) is 17.8 Å². The largest absolute Gasteiger partial charge is 0.341 e. The van der Waals surface area contributed by atoms with Crippen molar-refractivity contribution in [3.8, 4) is 0 Å². The first kappa shape index (κ1) is 17.0. The number of sulfonamides is 1. The summed E-state index contributed by atoms with van der Waals surface area (Å²) in [4.78, 5) is 13.7. The fourth-order valence-corrected chi connectivity index (χ4v) is 5.89. The van der Waals surface area contributed by atoms with Crippen molar-refractivity contribution in [3.63, 3.8) is 0 Å². The van der Waals surface area contributed by atoms with Gasteiger partial charge >= 0.3 is 0 Å². The molecule has 5 nitrogen and oxygen atoms in total. The molecule has 126 valence electrons. The van der Waals surface area contributed by atoms with Crippen molar-refractivity contribution < 1.29 is 17.6 Å². The highest BCUT2D eigenvalue weighted by atomic mass is 35.5. The van der Waals surface area contributed by atoms with E-state index in [1.54, 1.807) is 11.9 Å². The molecule has 1 saturated carbocycles. The number of benzene rings is 1. The molecule has 0 spiro atoms. The van der Waals surface area contributed by atoms with Gasteiger partial charge in [0.1, 0.15) is 16.8 Å². The zero-order valence-corrected chi connectivity index (χ0v) is 14.8. The third-order valence-electron chi connectivity index (χ3n) is 4.05. The van der Waals surface area contributed by atoms with Crippen LogP contribution in [0.25, 0.3) is 0 Å². The minimum absolute atomic E-state index is 0.123. The number of carbonyl (C=O) groups is 1. The van der Waals surface area contributed by atoms with Crippen molar-refractivity contribution >= 4 is 39.3 Å². The number of likely N-dealkylation sites (N-methyl/N-ethyl adjacent to an activating group) is 1. The lowest BCUT2D eigenvalue weighted by Gasteiger charge is -2.27. The molecule has 1 aromatic carbocycles. The Kier molecular flexibility index (Phi) is 4.61. The standard InChI is InChI=1S/C14H16ClFN2O3S2/c1-17(10-3-4-10)14(19)12-7-22-8-18(12)23(20,21)13-5-2-9(15)6-11(13)16/h2,5-6,10,12H,3-4,7-8H2,1H3. The third-order valence-corrected chi connectivity index (χ3v) is 7.35. The van der Waals surface area contributed by atoms with Gasteiger partial charge in [-0.2, -0.15) is 4.31 Å². The van der Waals surface area contributed by atoms with E-state index >= 15 is 0 Å². The van der Waals surface area contributed by atoms with Crippen LogP contribution < -0.4 is 0 Å². The van der Waals surface area contributed by atoms with Gasteiger partial charge in [0.15, 0.2) is 0 Å². The molecule has 0 aromatic heterocycles. The molecule has 23 heavy (non-hydrogen) atoms. The summed E-state index contributed by atoms with van der Waals surface area (Å²) >= 11 is 7.03. The molecular formula is C14H16ClFN2O3S2. The van der Waals surface area contributed by atoms with Gasteiger partial charge in [0, 0.05) is 23.9 Å². The van der Waals surface area contributed by atoms with Gasteiger partial charge in [-0.1, -0.05) is 11.6 Å². The second-order valence-corrected chi connectivity index (χ2v) is 8.96. The number of rotatable bonds is 4. The third kappa shape index (κ3) is 3.22. The fraction of sp³-hybridized carbons (Fsp3) is 0.500. The van der Waals surface area contributed by atoms with Gasteiger partial charge in [0.25, 0.3) is 0 Å². The summed E-state index contributed by atoms with van der Waals surface area (Å²) in [7, 11) is -2.40. The Labute approximate surface area is 143 Å². The maximum atomic E-state index is 14.0. The zero-order chi connectivity index (χ0) is 16.8. The molecule has 1 unspecified atom stereocenters. The molecule has 1 amide bonds. The Morgan fingerprint density at radius 2 is 2.13 bits per heavy atom. The number of carbonyl (C=O) groups excluding carboxylic acids is 1. The molecule has 1 heterocycles. The van der Waals surface area contributed by atoms with E-state index < -0.39 is 26.8 Å². The van der Waals surface area contributed by atoms with Gasteiger partial charge in [-0.15, -0.1) is 11.8 Å². The summed E-state index contributed by atoms with van der Waals surface area (Å²) in [6.07, 6.45) is 1.89. The van der Waals surface area contributed by atoms with Gasteiger partial charge in [-0.3, -0.25) is 4.79 Å². The summed E-state index contributed by atoms with van der Waals surface area (Å²) < 4.78 is 40.6. The van der Waals surface area contributed by atoms with Gasteiger partial charge in [0.2, 0.25) is 15.9 Å². The molecule has 0 bridgehead atoms. The topological polar surface area (TPSA) is 57.7 Å². The Hall–Kier alpha value is -0.830. The molecule has 9 heteroatoms. The highest BCUT2D eigenvalue weighted by Crippen LogP contribution is 2.33. The summed E-state index contributed by atoms with van der Waals surface area (Å²) in [6.45, 7) is 0. The van der Waals surface area contributed by atoms with Crippen LogP contribution in [0.1, 0.15) is 12.8 Å². The first-order valence-electron chi connectivity index (χ1n) is 7.13. The summed E-state index contributed by atoms with van der Waals surface area (Å²) in [5, 5.41) is 0.123. The molecule has 0 radical (unpaired) electrons. The van der Waals surface area contributed by atoms with E-state index in [4.69, 9.17) is 11.6 Å². The van der Waals surface area contributed by atoms with Crippen LogP contribution in [0.5, 0.6) is 0 Å². The van der Waals surface area contributed by atoms with Crippen LogP contribution in [-0.4, -0.2) is 54.3 Å². The molecule has 1 aliphatic carbocycles. The van der Waals surface area contributed by atoms with Gasteiger partial charge in [0.05, 0.1) is 5.88 Å². The van der Waals surface area contributed by atoms with Crippen LogP contribution in [-0.2, 0) is 14.8 Å². The van der Waals surface area contributed by atoms with Crippen LogP contribution in [0.2, 0.25) is 5.02 Å². The van der Waals surface area contributed by atoms with Crippen molar-refractivity contribution in [1.82, 2.24) is 9.21 Å². The minimum atomic E-state index is -4.09. The fourth-order valence-electron chi connectivity index (χ4n) is 2.55. The Bertz CT molecular complexity index is 740. The van der Waals surface area contributed by atoms with E-state index in [9.17, 15) is 17.6 Å². The first-order valence-corrected chi connectivity index (χ1v) is 10.1. The van der Waals surface area contributed by atoms with Crippen molar-refractivity contribution in [1.29, 1.82) is 0 Å². The first-order chi connectivity index (χ1) is 10.8. The maximum Gasteiger partial charge on any atom is 0.247 e. The summed E-state index contributed by atoms with van der Waals surface area (Å²) in [5.74, 6) is -0.615. The molecule has 2 fully saturated rings. The quantitative estimate of drug-likeness (QED) is 0.805. The second-order valence-electron chi connectivity index (χ2n) is 5.66. The number of halogens is 2. The highest BCUT2D eigenvalue weighted by molar-refractivity contribution is 8.00. The molecular weight excluding hydrogens is 363 g/mol. The Balaban J connectivity index is 1.90. The molecule has 1 aromatic rings. The Morgan fingerprint density at radius 3 is 2.74 bits per heavy atom. The summed E-state index contributed by atoms with van der Waals surface area (Å²) in [6, 6.07) is 2.84. The minimum Gasteiger partial charge on any atom is -0.341 e. The van der Waals surface area contributed by atoms with Crippen molar-refractivity contribution in [2.75, 3.05) is 18.7 Å². The Morgan fingerprint density at radius 1 is 1.43 bits per heavy atom. The van der Waals surface area contributed by atoms with E-state index in [2.05, 4.69) is 0 Å². The van der Waals surface area contributed by atoms with Gasteiger partial charge in [-0.05, 0) is 31.0 Å². The van der Waals surface area contributed by atoms with Crippen LogP contribution >= 0.6 is 23.4 Å². The van der Waals surface area contributed by atoms with E-state index in [1.807, 2.05) is 0 Å². The number of nitrogens with zero attached hydrogens (tertiary/aromatic N) is 2. The van der Waals surface area contributed by atoms with Crippen molar-refractivity contribution in [2.24, 2.45) is 0 Å².